The van der Waals surface area contributed by atoms with Crippen LogP contribution < -0.4 is 11.0 Å². The lowest BCUT2D eigenvalue weighted by Crippen LogP contribution is -2.22. The van der Waals surface area contributed by atoms with Gasteiger partial charge in [0, 0.05) is 18.4 Å². The Bertz CT molecular complexity index is 1000. The molecule has 3 N–H and O–H groups in total. The van der Waals surface area contributed by atoms with Gasteiger partial charge in [-0.1, -0.05) is 84.4 Å². The molecule has 0 saturated heterocycles. The van der Waals surface area contributed by atoms with Crippen molar-refractivity contribution in [3.63, 3.8) is 0 Å². The molecule has 0 saturated carbocycles. The standard InChI is InChI=1S/C16H13N3O2.C7H8.CH4O/c20-16-15(12-7-3-1-4-8-12)17-14(18-21)11-19(16)13-9-5-2-6-10-13;1-7-5-3-2-4-6-7;1-2/h1-11,18,21H;2-6H,1H3;2H,1H3. The Morgan fingerprint density at radius 2 is 1.30 bits per heavy atom. The maximum Gasteiger partial charge on any atom is 0.281 e. The number of anilines is 1. The average Bonchev–Trinajstić information content (AvgIpc) is 2.82. The number of aliphatic hydroxyl groups excluding tert-OH is 1. The summed E-state index contributed by atoms with van der Waals surface area (Å²) in [6, 6.07) is 28.6. The van der Waals surface area contributed by atoms with E-state index in [0.29, 0.717) is 11.3 Å². The highest BCUT2D eigenvalue weighted by Gasteiger charge is 2.11. The van der Waals surface area contributed by atoms with Gasteiger partial charge in [-0.2, -0.15) is 0 Å². The zero-order valence-electron chi connectivity index (χ0n) is 16.9. The fourth-order valence-electron chi connectivity index (χ4n) is 2.64. The van der Waals surface area contributed by atoms with Crippen LogP contribution in [0.2, 0.25) is 0 Å². The van der Waals surface area contributed by atoms with Gasteiger partial charge in [0.15, 0.2) is 5.82 Å². The van der Waals surface area contributed by atoms with E-state index in [-0.39, 0.29) is 17.1 Å². The van der Waals surface area contributed by atoms with E-state index in [9.17, 15) is 4.79 Å². The number of benzene rings is 3. The summed E-state index contributed by atoms with van der Waals surface area (Å²) in [7, 11) is 1.00. The van der Waals surface area contributed by atoms with Crippen molar-refractivity contribution in [1.29, 1.82) is 0 Å². The number of nitrogens with one attached hydrogen (secondary N) is 1. The lowest BCUT2D eigenvalue weighted by Gasteiger charge is -2.10. The van der Waals surface area contributed by atoms with E-state index < -0.39 is 0 Å². The van der Waals surface area contributed by atoms with E-state index in [0.717, 1.165) is 7.11 Å². The van der Waals surface area contributed by atoms with Crippen LogP contribution in [0.4, 0.5) is 5.82 Å². The van der Waals surface area contributed by atoms with Gasteiger partial charge in [-0.3, -0.25) is 20.0 Å². The first-order valence-corrected chi connectivity index (χ1v) is 9.30. The average molecular weight is 403 g/mol. The highest BCUT2D eigenvalue weighted by Crippen LogP contribution is 2.16. The Morgan fingerprint density at radius 1 is 0.800 bits per heavy atom. The first-order valence-electron chi connectivity index (χ1n) is 9.30. The molecule has 6 heteroatoms. The van der Waals surface area contributed by atoms with E-state index in [2.05, 4.69) is 24.0 Å². The normalized spacial score (nSPS) is 9.47. The molecule has 6 nitrogen and oxygen atoms in total. The van der Waals surface area contributed by atoms with Crippen LogP contribution in [0.5, 0.6) is 0 Å². The summed E-state index contributed by atoms with van der Waals surface area (Å²) in [5, 5.41) is 16.1. The third kappa shape index (κ3) is 6.13. The van der Waals surface area contributed by atoms with E-state index in [4.69, 9.17) is 10.3 Å². The Balaban J connectivity index is 0.000000299. The molecule has 0 radical (unpaired) electrons. The summed E-state index contributed by atoms with van der Waals surface area (Å²) < 4.78 is 1.45. The minimum absolute atomic E-state index is 0.206. The van der Waals surface area contributed by atoms with Gasteiger partial charge < -0.3 is 5.11 Å². The number of aromatic nitrogens is 2. The molecule has 0 aliphatic rings. The molecule has 1 heterocycles. The van der Waals surface area contributed by atoms with Crippen molar-refractivity contribution in [2.75, 3.05) is 12.6 Å². The Kier molecular flexibility index (Phi) is 8.99. The molecule has 4 rings (SSSR count). The Morgan fingerprint density at radius 3 is 1.77 bits per heavy atom. The molecule has 30 heavy (non-hydrogen) atoms. The van der Waals surface area contributed by atoms with Crippen molar-refractivity contribution >= 4 is 5.82 Å². The number of nitrogens with zero attached hydrogens (tertiary/aromatic N) is 2. The van der Waals surface area contributed by atoms with Gasteiger partial charge >= 0.3 is 0 Å². The highest BCUT2D eigenvalue weighted by molar-refractivity contribution is 5.60. The second-order valence-electron chi connectivity index (χ2n) is 6.12. The highest BCUT2D eigenvalue weighted by atomic mass is 16.5. The molecule has 0 bridgehead atoms. The SMILES string of the molecule is CO.Cc1ccccc1.O=c1c(-c2ccccc2)nc(NO)cn1-c1ccccc1. The topological polar surface area (TPSA) is 87.4 Å². The summed E-state index contributed by atoms with van der Waals surface area (Å²) in [6.45, 7) is 2.08. The van der Waals surface area contributed by atoms with Gasteiger partial charge in [-0.15, -0.1) is 0 Å². The molecule has 3 aromatic carbocycles. The molecule has 0 aliphatic carbocycles. The van der Waals surface area contributed by atoms with Crippen molar-refractivity contribution in [2.45, 2.75) is 6.92 Å². The number of hydrogen-bond acceptors (Lipinski definition) is 5. The fraction of sp³-hybridized carbons (Fsp3) is 0.0833. The molecule has 4 aromatic rings. The van der Waals surface area contributed by atoms with Crippen LogP contribution >= 0.6 is 0 Å². The molecule has 0 spiro atoms. The smallest absolute Gasteiger partial charge is 0.281 e. The van der Waals surface area contributed by atoms with Gasteiger partial charge in [0.1, 0.15) is 5.69 Å². The van der Waals surface area contributed by atoms with Gasteiger partial charge in [0.2, 0.25) is 0 Å². The number of aliphatic hydroxyl groups is 1. The zero-order chi connectivity index (χ0) is 21.8. The van der Waals surface area contributed by atoms with Crippen LogP contribution in [0.3, 0.4) is 0 Å². The number of rotatable bonds is 3. The predicted molar refractivity (Wildman–Crippen MR) is 120 cm³/mol. The van der Waals surface area contributed by atoms with E-state index >= 15 is 0 Å². The quantitative estimate of drug-likeness (QED) is 0.444. The molecule has 0 fully saturated rings. The van der Waals surface area contributed by atoms with Crippen LogP contribution in [0.25, 0.3) is 16.9 Å². The summed E-state index contributed by atoms with van der Waals surface area (Å²) in [4.78, 5) is 16.8. The van der Waals surface area contributed by atoms with Gasteiger partial charge in [0.25, 0.3) is 5.56 Å². The lowest BCUT2D eigenvalue weighted by molar-refractivity contribution is 0.385. The molecular formula is C24H25N3O3. The van der Waals surface area contributed by atoms with E-state index in [1.165, 1.54) is 16.3 Å². The lowest BCUT2D eigenvalue weighted by atomic mass is 10.1. The zero-order valence-corrected chi connectivity index (χ0v) is 16.9. The maximum absolute atomic E-state index is 12.6. The molecular weight excluding hydrogens is 378 g/mol. The fourth-order valence-corrected chi connectivity index (χ4v) is 2.64. The predicted octanol–water partition coefficient (Wildman–Crippen LogP) is 4.30. The number of para-hydroxylation sites is 1. The summed E-state index contributed by atoms with van der Waals surface area (Å²) in [5.74, 6) is 0.206. The molecule has 1 aromatic heterocycles. The molecule has 0 aliphatic heterocycles. The molecule has 0 unspecified atom stereocenters. The van der Waals surface area contributed by atoms with Crippen LogP contribution in [0.1, 0.15) is 5.56 Å². The molecule has 154 valence electrons. The summed E-state index contributed by atoms with van der Waals surface area (Å²) >= 11 is 0. The van der Waals surface area contributed by atoms with Crippen molar-refractivity contribution in [2.24, 2.45) is 0 Å². The first kappa shape index (κ1) is 22.5. The number of aryl methyl sites for hydroxylation is 1. The van der Waals surface area contributed by atoms with Gasteiger partial charge in [0.05, 0.1) is 6.20 Å². The van der Waals surface area contributed by atoms with Crippen molar-refractivity contribution in [1.82, 2.24) is 9.55 Å². The van der Waals surface area contributed by atoms with Gasteiger partial charge in [-0.25, -0.2) is 4.98 Å². The van der Waals surface area contributed by atoms with Crippen LogP contribution in [-0.2, 0) is 0 Å². The minimum atomic E-state index is -0.244. The van der Waals surface area contributed by atoms with Crippen molar-refractivity contribution in [3.8, 4) is 16.9 Å². The van der Waals surface area contributed by atoms with Crippen LogP contribution in [0.15, 0.2) is 102 Å². The maximum atomic E-state index is 12.6. The largest absolute Gasteiger partial charge is 0.400 e. The van der Waals surface area contributed by atoms with Crippen molar-refractivity contribution in [3.05, 3.63) is 113 Å². The first-order chi connectivity index (χ1) is 14.7. The molecule has 0 atom stereocenters. The Labute approximate surface area is 175 Å². The van der Waals surface area contributed by atoms with E-state index in [1.54, 1.807) is 12.1 Å². The monoisotopic (exact) mass is 403 g/mol. The van der Waals surface area contributed by atoms with Crippen LogP contribution in [0, 0.1) is 6.92 Å². The summed E-state index contributed by atoms with van der Waals surface area (Å²) in [5.41, 5.74) is 4.76. The Hall–Kier alpha value is -3.74. The third-order valence-corrected chi connectivity index (χ3v) is 4.04. The van der Waals surface area contributed by atoms with Crippen LogP contribution in [-0.4, -0.2) is 27.0 Å². The second kappa shape index (κ2) is 12.0. The van der Waals surface area contributed by atoms with E-state index in [1.807, 2.05) is 72.2 Å². The number of hydrogen-bond donors (Lipinski definition) is 3. The van der Waals surface area contributed by atoms with Gasteiger partial charge in [-0.05, 0) is 19.1 Å². The second-order valence-corrected chi connectivity index (χ2v) is 6.12. The molecule has 0 amide bonds. The summed E-state index contributed by atoms with van der Waals surface area (Å²) in [6.07, 6.45) is 1.46. The third-order valence-electron chi connectivity index (χ3n) is 4.04. The van der Waals surface area contributed by atoms with Crippen molar-refractivity contribution < 1.29 is 10.3 Å². The minimum Gasteiger partial charge on any atom is -0.400 e.